The van der Waals surface area contributed by atoms with Crippen molar-refractivity contribution >= 4 is 37.9 Å². The molecule has 0 radical (unpaired) electrons. The highest BCUT2D eigenvalue weighted by Gasteiger charge is 2.17. The zero-order valence-electron chi connectivity index (χ0n) is 28.0. The van der Waals surface area contributed by atoms with Gasteiger partial charge in [-0.15, -0.1) is 0 Å². The average molecular weight is 619 g/mol. The van der Waals surface area contributed by atoms with Gasteiger partial charge in [0.25, 0.3) is 0 Å². The summed E-state index contributed by atoms with van der Waals surface area (Å²) >= 11 is 0. The predicted molar refractivity (Wildman–Crippen MR) is 215 cm³/mol. The van der Waals surface area contributed by atoms with Crippen LogP contribution in [0.2, 0.25) is 0 Å². The fraction of sp³-hybridized carbons (Fsp3) is 0.0417. The predicted octanol–water partition coefficient (Wildman–Crippen LogP) is 14.0. The van der Waals surface area contributed by atoms with Crippen molar-refractivity contribution in [1.29, 1.82) is 0 Å². The Morgan fingerprint density at radius 1 is 0.542 bits per heavy atom. The standard InChI is InChI=1S/C43H34.C5H8/c1-5-17-30(6-2)31(7-3)28-32(8-4)34-26-27-36-35(29-34)20-16-25-37(36)43-40-23-14-12-21-38(40)42(33-18-10-9-11-19-33)39-22-13-15-24-41(39)43;1-3-5-4-2/h5-29H,1-2,4H2,3H3;3-5H,1H2,2H3/b30-17+,31-7+,32-28+;5-4-. The third kappa shape index (κ3) is 6.89. The van der Waals surface area contributed by atoms with Gasteiger partial charge in [0.2, 0.25) is 0 Å². The van der Waals surface area contributed by atoms with E-state index in [0.717, 1.165) is 22.3 Å². The van der Waals surface area contributed by atoms with Gasteiger partial charge in [-0.1, -0.05) is 184 Å². The molecule has 0 aromatic heterocycles. The second kappa shape index (κ2) is 16.0. The van der Waals surface area contributed by atoms with Crippen molar-refractivity contribution in [3.63, 3.8) is 0 Å². The highest BCUT2D eigenvalue weighted by atomic mass is 14.2. The first-order valence-corrected chi connectivity index (χ1v) is 16.3. The van der Waals surface area contributed by atoms with E-state index in [1.165, 1.54) is 54.6 Å². The minimum absolute atomic E-state index is 1.03. The largest absolute Gasteiger partial charge is 0.0991 e. The normalized spacial score (nSPS) is 12.2. The lowest BCUT2D eigenvalue weighted by Crippen LogP contribution is -1.92. The molecule has 0 heterocycles. The van der Waals surface area contributed by atoms with Gasteiger partial charge in [-0.25, -0.2) is 0 Å². The summed E-state index contributed by atoms with van der Waals surface area (Å²) in [5, 5.41) is 7.45. The van der Waals surface area contributed by atoms with E-state index in [1.807, 2.05) is 44.2 Å². The monoisotopic (exact) mass is 618 g/mol. The second-order valence-electron chi connectivity index (χ2n) is 11.3. The summed E-state index contributed by atoms with van der Waals surface area (Å²) in [4.78, 5) is 0. The van der Waals surface area contributed by atoms with Crippen LogP contribution in [0, 0.1) is 0 Å². The Morgan fingerprint density at radius 3 is 1.69 bits per heavy atom. The quantitative estimate of drug-likeness (QED) is 0.112. The van der Waals surface area contributed by atoms with Crippen LogP contribution in [0.15, 0.2) is 207 Å². The Balaban J connectivity index is 0.000000840. The summed E-state index contributed by atoms with van der Waals surface area (Å²) in [6, 6.07) is 41.8. The van der Waals surface area contributed by atoms with Crippen molar-refractivity contribution in [2.24, 2.45) is 0 Å². The van der Waals surface area contributed by atoms with Gasteiger partial charge in [0.1, 0.15) is 0 Å². The van der Waals surface area contributed by atoms with Crippen LogP contribution in [0.1, 0.15) is 19.4 Å². The minimum atomic E-state index is 1.03. The molecule has 0 saturated heterocycles. The maximum Gasteiger partial charge on any atom is -0.00201 e. The van der Waals surface area contributed by atoms with E-state index >= 15 is 0 Å². The van der Waals surface area contributed by atoms with Gasteiger partial charge in [0, 0.05) is 0 Å². The van der Waals surface area contributed by atoms with Crippen molar-refractivity contribution in [1.82, 2.24) is 0 Å². The van der Waals surface area contributed by atoms with Gasteiger partial charge in [-0.2, -0.15) is 0 Å². The summed E-state index contributed by atoms with van der Waals surface area (Å²) in [5.74, 6) is 0. The fourth-order valence-electron chi connectivity index (χ4n) is 6.32. The van der Waals surface area contributed by atoms with E-state index < -0.39 is 0 Å². The third-order valence-corrected chi connectivity index (χ3v) is 8.50. The summed E-state index contributed by atoms with van der Waals surface area (Å²) in [6.07, 6.45) is 17.4. The van der Waals surface area contributed by atoms with E-state index in [4.69, 9.17) is 0 Å². The topological polar surface area (TPSA) is 0 Å². The zero-order valence-corrected chi connectivity index (χ0v) is 28.0. The van der Waals surface area contributed by atoms with Gasteiger partial charge >= 0.3 is 0 Å². The molecule has 0 amide bonds. The first kappa shape index (κ1) is 33.4. The Labute approximate surface area is 286 Å². The van der Waals surface area contributed by atoms with E-state index in [2.05, 4.69) is 154 Å². The van der Waals surface area contributed by atoms with Crippen LogP contribution in [-0.4, -0.2) is 0 Å². The molecule has 0 nitrogen and oxygen atoms in total. The van der Waals surface area contributed by atoms with Crippen molar-refractivity contribution < 1.29 is 0 Å². The average Bonchev–Trinajstić information content (AvgIpc) is 3.14. The molecule has 0 N–H and O–H groups in total. The van der Waals surface area contributed by atoms with Gasteiger partial charge in [0.05, 0.1) is 0 Å². The van der Waals surface area contributed by atoms with Crippen LogP contribution in [0.5, 0.6) is 0 Å². The van der Waals surface area contributed by atoms with Crippen LogP contribution in [0.25, 0.3) is 60.1 Å². The maximum absolute atomic E-state index is 4.14. The first-order chi connectivity index (χ1) is 23.6. The fourth-order valence-corrected chi connectivity index (χ4v) is 6.32. The molecule has 0 saturated carbocycles. The van der Waals surface area contributed by atoms with E-state index in [1.54, 1.807) is 12.2 Å². The van der Waals surface area contributed by atoms with Crippen LogP contribution >= 0.6 is 0 Å². The third-order valence-electron chi connectivity index (χ3n) is 8.50. The van der Waals surface area contributed by atoms with Crippen molar-refractivity contribution in [3.8, 4) is 22.3 Å². The van der Waals surface area contributed by atoms with Crippen molar-refractivity contribution in [3.05, 3.63) is 213 Å². The molecule has 0 unspecified atom stereocenters. The Morgan fingerprint density at radius 2 is 1.17 bits per heavy atom. The Hall–Kier alpha value is -5.98. The number of rotatable bonds is 9. The Kier molecular flexibility index (Phi) is 11.1. The van der Waals surface area contributed by atoms with Gasteiger partial charge in [-0.3, -0.25) is 0 Å². The maximum atomic E-state index is 4.14. The molecule has 0 spiro atoms. The molecule has 0 bridgehead atoms. The molecule has 0 fully saturated rings. The van der Waals surface area contributed by atoms with Gasteiger partial charge in [-0.05, 0) is 103 Å². The molecule has 6 rings (SSSR count). The molecule has 0 atom stereocenters. The van der Waals surface area contributed by atoms with Crippen LogP contribution in [0.3, 0.4) is 0 Å². The van der Waals surface area contributed by atoms with E-state index in [9.17, 15) is 0 Å². The van der Waals surface area contributed by atoms with Crippen molar-refractivity contribution in [2.75, 3.05) is 0 Å². The zero-order chi connectivity index (χ0) is 33.9. The second-order valence-corrected chi connectivity index (χ2v) is 11.3. The lowest BCUT2D eigenvalue weighted by atomic mass is 9.84. The van der Waals surface area contributed by atoms with Crippen molar-refractivity contribution in [2.45, 2.75) is 13.8 Å². The minimum Gasteiger partial charge on any atom is -0.0991 e. The van der Waals surface area contributed by atoms with E-state index in [0.29, 0.717) is 0 Å². The summed E-state index contributed by atoms with van der Waals surface area (Å²) < 4.78 is 0. The molecule has 0 aliphatic heterocycles. The number of hydrogen-bond donors (Lipinski definition) is 0. The summed E-state index contributed by atoms with van der Waals surface area (Å²) in [7, 11) is 0. The number of fused-ring (bicyclic) bond motifs is 3. The Bertz CT molecular complexity index is 2190. The summed E-state index contributed by atoms with van der Waals surface area (Å²) in [6.45, 7) is 19.4. The molecule has 48 heavy (non-hydrogen) atoms. The molecule has 6 aromatic rings. The van der Waals surface area contributed by atoms with Crippen LogP contribution < -0.4 is 0 Å². The highest BCUT2D eigenvalue weighted by Crippen LogP contribution is 2.45. The first-order valence-electron chi connectivity index (χ1n) is 16.3. The van der Waals surface area contributed by atoms with Crippen LogP contribution in [-0.2, 0) is 0 Å². The van der Waals surface area contributed by atoms with Gasteiger partial charge in [0.15, 0.2) is 0 Å². The van der Waals surface area contributed by atoms with Gasteiger partial charge < -0.3 is 0 Å². The lowest BCUT2D eigenvalue weighted by Gasteiger charge is -2.19. The molecule has 0 aliphatic rings. The smallest absolute Gasteiger partial charge is 0.00201 e. The number of hydrogen-bond acceptors (Lipinski definition) is 0. The van der Waals surface area contributed by atoms with E-state index in [-0.39, 0.29) is 0 Å². The van der Waals surface area contributed by atoms with Crippen LogP contribution in [0.4, 0.5) is 0 Å². The molecular formula is C48H42. The summed E-state index contributed by atoms with van der Waals surface area (Å²) in [5.41, 5.74) is 9.30. The highest BCUT2D eigenvalue weighted by molar-refractivity contribution is 6.23. The number of benzene rings is 6. The molecule has 0 heteroatoms. The number of allylic oxidation sites excluding steroid dienone is 12. The molecule has 6 aromatic carbocycles. The SMILES string of the molecule is C=C/C=C(C=C)/C(=C/C)/C=C(\C=C)c1ccc2c(-c3c4ccccc4c(-c4ccccc4)c4ccccc34)cccc2c1.C=C/C=C\C. The molecule has 0 aliphatic carbocycles. The lowest BCUT2D eigenvalue weighted by molar-refractivity contribution is 1.50. The molecule has 234 valence electrons. The molecular weight excluding hydrogens is 577 g/mol.